The van der Waals surface area contributed by atoms with Crippen molar-refractivity contribution in [2.45, 2.75) is 57.0 Å². The summed E-state index contributed by atoms with van der Waals surface area (Å²) in [5, 5.41) is 19.0. The quantitative estimate of drug-likeness (QED) is 0.785. The van der Waals surface area contributed by atoms with Crippen molar-refractivity contribution in [1.29, 1.82) is 5.26 Å². The van der Waals surface area contributed by atoms with E-state index in [1.807, 2.05) is 0 Å². The number of likely N-dealkylation sites (N-methyl/N-ethyl adjacent to an activating group) is 1. The maximum Gasteiger partial charge on any atom is 0.237 e. The van der Waals surface area contributed by atoms with E-state index >= 15 is 0 Å². The van der Waals surface area contributed by atoms with Crippen LogP contribution in [-0.4, -0.2) is 83.7 Å². The third-order valence-corrected chi connectivity index (χ3v) is 5.87. The first-order valence-corrected chi connectivity index (χ1v) is 9.31. The molecule has 1 unspecified atom stereocenters. The molecule has 1 amide bonds. The fraction of sp³-hybridized carbons (Fsp3) is 0.889. The Balaban J connectivity index is 1.86. The minimum atomic E-state index is -0.596. The molecule has 6 heteroatoms. The first-order valence-electron chi connectivity index (χ1n) is 9.31. The Kier molecular flexibility index (Phi) is 7.02. The number of aliphatic hydroxyl groups excluding tert-OH is 1. The predicted octanol–water partition coefficient (Wildman–Crippen LogP) is 1.06. The van der Waals surface area contributed by atoms with Crippen LogP contribution in [0.1, 0.15) is 45.4 Å². The highest BCUT2D eigenvalue weighted by Crippen LogP contribution is 2.32. The fourth-order valence-corrected chi connectivity index (χ4v) is 3.98. The highest BCUT2D eigenvalue weighted by Gasteiger charge is 2.39. The van der Waals surface area contributed by atoms with E-state index in [9.17, 15) is 15.2 Å². The zero-order valence-corrected chi connectivity index (χ0v) is 15.2. The molecule has 1 saturated heterocycles. The van der Waals surface area contributed by atoms with Crippen LogP contribution in [0.15, 0.2) is 0 Å². The van der Waals surface area contributed by atoms with Crippen molar-refractivity contribution in [2.75, 3.05) is 46.4 Å². The average molecular weight is 336 g/mol. The Morgan fingerprint density at radius 1 is 1.25 bits per heavy atom. The topological polar surface area (TPSA) is 70.8 Å². The molecular formula is C18H32N4O2. The van der Waals surface area contributed by atoms with Gasteiger partial charge in [-0.15, -0.1) is 0 Å². The molecule has 24 heavy (non-hydrogen) atoms. The molecule has 1 N–H and O–H groups in total. The van der Waals surface area contributed by atoms with E-state index in [1.54, 1.807) is 11.9 Å². The van der Waals surface area contributed by atoms with Gasteiger partial charge in [0, 0.05) is 39.3 Å². The molecule has 1 heterocycles. The summed E-state index contributed by atoms with van der Waals surface area (Å²) in [5.74, 6) is 0.0566. The van der Waals surface area contributed by atoms with Crippen molar-refractivity contribution in [3.8, 4) is 6.07 Å². The molecule has 1 aliphatic carbocycles. The van der Waals surface area contributed by atoms with E-state index in [2.05, 4.69) is 22.8 Å². The van der Waals surface area contributed by atoms with Crippen LogP contribution in [-0.2, 0) is 4.79 Å². The van der Waals surface area contributed by atoms with Crippen molar-refractivity contribution >= 4 is 5.91 Å². The largest absolute Gasteiger partial charge is 0.395 e. The Hall–Kier alpha value is -1.16. The number of piperazine rings is 1. The zero-order chi connectivity index (χ0) is 17.6. The number of rotatable bonds is 6. The van der Waals surface area contributed by atoms with Crippen LogP contribution in [0.25, 0.3) is 0 Å². The summed E-state index contributed by atoms with van der Waals surface area (Å²) in [4.78, 5) is 18.9. The van der Waals surface area contributed by atoms with E-state index in [0.717, 1.165) is 64.7 Å². The lowest BCUT2D eigenvalue weighted by atomic mass is 9.81. The van der Waals surface area contributed by atoms with E-state index < -0.39 is 5.54 Å². The van der Waals surface area contributed by atoms with Crippen LogP contribution < -0.4 is 0 Å². The molecule has 2 rings (SSSR count). The van der Waals surface area contributed by atoms with Crippen LogP contribution in [0.2, 0.25) is 0 Å². The van der Waals surface area contributed by atoms with Crippen LogP contribution in [0.4, 0.5) is 0 Å². The zero-order valence-electron chi connectivity index (χ0n) is 15.2. The van der Waals surface area contributed by atoms with Crippen molar-refractivity contribution in [1.82, 2.24) is 14.7 Å². The average Bonchev–Trinajstić information content (AvgIpc) is 2.64. The Labute approximate surface area is 146 Å². The third-order valence-electron chi connectivity index (χ3n) is 5.87. The van der Waals surface area contributed by atoms with Gasteiger partial charge in [-0.3, -0.25) is 14.6 Å². The second-order valence-electron chi connectivity index (χ2n) is 7.21. The van der Waals surface area contributed by atoms with Crippen molar-refractivity contribution in [3.05, 3.63) is 0 Å². The number of carbonyl (C=O) groups excluding carboxylic acids is 1. The summed E-state index contributed by atoms with van der Waals surface area (Å²) < 4.78 is 0. The summed E-state index contributed by atoms with van der Waals surface area (Å²) in [6, 6.07) is 2.65. The van der Waals surface area contributed by atoms with Crippen molar-refractivity contribution in [2.24, 2.45) is 0 Å². The van der Waals surface area contributed by atoms with Crippen LogP contribution in [0, 0.1) is 11.3 Å². The van der Waals surface area contributed by atoms with Gasteiger partial charge in [0.25, 0.3) is 0 Å². The van der Waals surface area contributed by atoms with Gasteiger partial charge in [-0.2, -0.15) is 5.26 Å². The molecule has 136 valence electrons. The summed E-state index contributed by atoms with van der Waals surface area (Å²) >= 11 is 0. The van der Waals surface area contributed by atoms with Gasteiger partial charge in [0.05, 0.1) is 19.2 Å². The lowest BCUT2D eigenvalue weighted by Gasteiger charge is -2.41. The Bertz CT molecular complexity index is 444. The van der Waals surface area contributed by atoms with Gasteiger partial charge >= 0.3 is 0 Å². The standard InChI is InChI=1S/C18H32N4O2/c1-3-16(14-23)22-11-9-21(10-12-22)13-17(24)20(2)18(15-19)7-5-4-6-8-18/h16,23H,3-14H2,1-2H3. The molecule has 1 aliphatic heterocycles. The number of amides is 1. The molecule has 6 nitrogen and oxygen atoms in total. The van der Waals surface area contributed by atoms with E-state index in [4.69, 9.17) is 0 Å². The Morgan fingerprint density at radius 2 is 1.88 bits per heavy atom. The maximum absolute atomic E-state index is 12.7. The lowest BCUT2D eigenvalue weighted by molar-refractivity contribution is -0.136. The van der Waals surface area contributed by atoms with Crippen LogP contribution in [0.3, 0.4) is 0 Å². The first kappa shape index (κ1) is 19.2. The number of aliphatic hydroxyl groups is 1. The van der Waals surface area contributed by atoms with Gasteiger partial charge in [0.15, 0.2) is 0 Å². The highest BCUT2D eigenvalue weighted by atomic mass is 16.3. The predicted molar refractivity (Wildman–Crippen MR) is 93.4 cm³/mol. The summed E-state index contributed by atoms with van der Waals surface area (Å²) in [5.41, 5.74) is -0.596. The molecule has 2 aliphatic rings. The van der Waals surface area contributed by atoms with Gasteiger partial charge in [0.1, 0.15) is 5.54 Å². The summed E-state index contributed by atoms with van der Waals surface area (Å²) in [6.07, 6.45) is 5.77. The lowest BCUT2D eigenvalue weighted by Crippen LogP contribution is -2.56. The fourth-order valence-electron chi connectivity index (χ4n) is 3.98. The second kappa shape index (κ2) is 8.80. The summed E-state index contributed by atoms with van der Waals surface area (Å²) in [6.45, 7) is 6.15. The molecule has 0 radical (unpaired) electrons. The molecule has 2 fully saturated rings. The number of hydrogen-bond acceptors (Lipinski definition) is 5. The van der Waals surface area contributed by atoms with Gasteiger partial charge in [-0.05, 0) is 19.3 Å². The maximum atomic E-state index is 12.7. The second-order valence-corrected chi connectivity index (χ2v) is 7.21. The minimum absolute atomic E-state index is 0.0566. The number of nitriles is 1. The molecule has 0 spiro atoms. The van der Waals surface area contributed by atoms with E-state index in [0.29, 0.717) is 6.54 Å². The normalized spacial score (nSPS) is 23.4. The van der Waals surface area contributed by atoms with Gasteiger partial charge in [-0.25, -0.2) is 0 Å². The molecule has 0 aromatic rings. The number of carbonyl (C=O) groups is 1. The van der Waals surface area contributed by atoms with Gasteiger partial charge in [-0.1, -0.05) is 26.2 Å². The smallest absolute Gasteiger partial charge is 0.237 e. The van der Waals surface area contributed by atoms with Crippen molar-refractivity contribution < 1.29 is 9.90 Å². The molecule has 1 atom stereocenters. The summed E-state index contributed by atoms with van der Waals surface area (Å²) in [7, 11) is 1.80. The number of hydrogen-bond donors (Lipinski definition) is 1. The third kappa shape index (κ3) is 4.27. The molecule has 0 aromatic heterocycles. The van der Waals surface area contributed by atoms with E-state index in [1.165, 1.54) is 0 Å². The molecule has 1 saturated carbocycles. The van der Waals surface area contributed by atoms with Crippen LogP contribution >= 0.6 is 0 Å². The van der Waals surface area contributed by atoms with Gasteiger partial charge in [0.2, 0.25) is 5.91 Å². The van der Waals surface area contributed by atoms with Crippen LogP contribution in [0.5, 0.6) is 0 Å². The first-order chi connectivity index (χ1) is 11.6. The SMILES string of the molecule is CCC(CO)N1CCN(CC(=O)N(C)C2(C#N)CCCCC2)CC1. The highest BCUT2D eigenvalue weighted by molar-refractivity contribution is 5.79. The molecule has 0 aromatic carbocycles. The number of nitrogens with zero attached hydrogens (tertiary/aromatic N) is 4. The molecular weight excluding hydrogens is 304 g/mol. The Morgan fingerprint density at radius 3 is 2.38 bits per heavy atom. The van der Waals surface area contributed by atoms with E-state index in [-0.39, 0.29) is 18.6 Å². The molecule has 0 bridgehead atoms. The van der Waals surface area contributed by atoms with Crippen molar-refractivity contribution in [3.63, 3.8) is 0 Å². The van der Waals surface area contributed by atoms with Gasteiger partial charge < -0.3 is 10.0 Å². The minimum Gasteiger partial charge on any atom is -0.395 e. The monoisotopic (exact) mass is 336 g/mol.